The number of nitrogens with zero attached hydrogens (tertiary/aromatic N) is 2. The molecule has 4 heteroatoms. The zero-order valence-corrected chi connectivity index (χ0v) is 10.3. The molecular formula is C12H20N2O2. The maximum Gasteiger partial charge on any atom is 0.312 e. The van der Waals surface area contributed by atoms with Gasteiger partial charge in [0.05, 0.1) is 18.6 Å². The molecule has 90 valence electrons. The predicted octanol–water partition coefficient (Wildman–Crippen LogP) is 1.42. The van der Waals surface area contributed by atoms with Crippen LogP contribution < -0.4 is 0 Å². The molecule has 1 rings (SSSR count). The van der Waals surface area contributed by atoms with Crippen molar-refractivity contribution in [3.63, 3.8) is 0 Å². The Balaban J connectivity index is 2.45. The fourth-order valence-electron chi connectivity index (χ4n) is 2.12. The number of carbonyl (C=O) groups excluding carboxylic acids is 1. The monoisotopic (exact) mass is 224 g/mol. The molecule has 0 bridgehead atoms. The van der Waals surface area contributed by atoms with E-state index in [4.69, 9.17) is 10.00 Å². The summed E-state index contributed by atoms with van der Waals surface area (Å²) >= 11 is 0. The van der Waals surface area contributed by atoms with Crippen LogP contribution in [0.15, 0.2) is 0 Å². The van der Waals surface area contributed by atoms with Gasteiger partial charge in [-0.3, -0.25) is 4.79 Å². The van der Waals surface area contributed by atoms with Crippen LogP contribution in [0.1, 0.15) is 26.7 Å². The third kappa shape index (κ3) is 3.21. The van der Waals surface area contributed by atoms with Gasteiger partial charge >= 0.3 is 5.97 Å². The molecule has 0 radical (unpaired) electrons. The minimum Gasteiger partial charge on any atom is -0.469 e. The molecule has 0 aromatic rings. The molecule has 0 amide bonds. The SMILES string of the molecule is COC(=O)C(C)(C)CN1CCC(C#N)CC1. The van der Waals surface area contributed by atoms with Crippen LogP contribution in [0.2, 0.25) is 0 Å². The molecule has 0 unspecified atom stereocenters. The van der Waals surface area contributed by atoms with Crippen LogP contribution in [-0.4, -0.2) is 37.6 Å². The van der Waals surface area contributed by atoms with Gasteiger partial charge in [-0.15, -0.1) is 0 Å². The highest BCUT2D eigenvalue weighted by atomic mass is 16.5. The number of piperidine rings is 1. The second kappa shape index (κ2) is 5.31. The molecule has 1 heterocycles. The maximum atomic E-state index is 11.5. The van der Waals surface area contributed by atoms with Gasteiger partial charge in [-0.05, 0) is 39.8 Å². The van der Waals surface area contributed by atoms with Gasteiger partial charge in [0.15, 0.2) is 0 Å². The van der Waals surface area contributed by atoms with Gasteiger partial charge in [0.25, 0.3) is 0 Å². The number of hydrogen-bond acceptors (Lipinski definition) is 4. The van der Waals surface area contributed by atoms with Crippen molar-refractivity contribution in [3.8, 4) is 6.07 Å². The number of likely N-dealkylation sites (tertiary alicyclic amines) is 1. The summed E-state index contributed by atoms with van der Waals surface area (Å²) in [4.78, 5) is 13.8. The van der Waals surface area contributed by atoms with E-state index in [2.05, 4.69) is 11.0 Å². The largest absolute Gasteiger partial charge is 0.469 e. The third-order valence-electron chi connectivity index (χ3n) is 3.13. The molecule has 0 aromatic heterocycles. The Bertz CT molecular complexity index is 286. The smallest absolute Gasteiger partial charge is 0.312 e. The van der Waals surface area contributed by atoms with E-state index in [-0.39, 0.29) is 11.9 Å². The molecule has 0 saturated carbocycles. The molecule has 1 aliphatic heterocycles. The summed E-state index contributed by atoms with van der Waals surface area (Å²) in [5.74, 6) is 0.0207. The first-order chi connectivity index (χ1) is 7.49. The van der Waals surface area contributed by atoms with E-state index in [0.29, 0.717) is 6.54 Å². The van der Waals surface area contributed by atoms with Crippen molar-refractivity contribution in [3.05, 3.63) is 0 Å². The molecule has 0 spiro atoms. The van der Waals surface area contributed by atoms with Crippen LogP contribution in [0.25, 0.3) is 0 Å². The standard InChI is InChI=1S/C12H20N2O2/c1-12(2,11(15)16-3)9-14-6-4-10(8-13)5-7-14/h10H,4-7,9H2,1-3H3. The second-order valence-corrected chi connectivity index (χ2v) is 5.05. The summed E-state index contributed by atoms with van der Waals surface area (Å²) in [6.45, 7) is 6.31. The number of ether oxygens (including phenoxy) is 1. The summed E-state index contributed by atoms with van der Waals surface area (Å²) in [6, 6.07) is 2.30. The number of nitriles is 1. The maximum absolute atomic E-state index is 11.5. The van der Waals surface area contributed by atoms with Crippen molar-refractivity contribution < 1.29 is 9.53 Å². The van der Waals surface area contributed by atoms with Crippen LogP contribution in [0.5, 0.6) is 0 Å². The normalized spacial score (nSPS) is 19.1. The number of methoxy groups -OCH3 is 1. The van der Waals surface area contributed by atoms with Crippen molar-refractivity contribution >= 4 is 5.97 Å². The average Bonchev–Trinajstić information content (AvgIpc) is 2.28. The van der Waals surface area contributed by atoms with Crippen LogP contribution in [0, 0.1) is 22.7 Å². The van der Waals surface area contributed by atoms with Gasteiger partial charge in [0.1, 0.15) is 0 Å². The van der Waals surface area contributed by atoms with Crippen molar-refractivity contribution in [1.29, 1.82) is 5.26 Å². The van der Waals surface area contributed by atoms with Crippen molar-refractivity contribution in [2.24, 2.45) is 11.3 Å². The van der Waals surface area contributed by atoms with Crippen molar-refractivity contribution in [2.75, 3.05) is 26.7 Å². The first-order valence-corrected chi connectivity index (χ1v) is 5.70. The third-order valence-corrected chi connectivity index (χ3v) is 3.13. The number of hydrogen-bond donors (Lipinski definition) is 0. The molecule has 16 heavy (non-hydrogen) atoms. The molecule has 4 nitrogen and oxygen atoms in total. The zero-order chi connectivity index (χ0) is 12.2. The van der Waals surface area contributed by atoms with Crippen molar-refractivity contribution in [1.82, 2.24) is 4.90 Å². The van der Waals surface area contributed by atoms with E-state index < -0.39 is 5.41 Å². The van der Waals surface area contributed by atoms with Gasteiger partial charge in [-0.2, -0.15) is 5.26 Å². The first kappa shape index (κ1) is 13.0. The summed E-state index contributed by atoms with van der Waals surface area (Å²) in [5, 5.41) is 8.79. The summed E-state index contributed by atoms with van der Waals surface area (Å²) < 4.78 is 4.78. The van der Waals surface area contributed by atoms with Gasteiger partial charge < -0.3 is 9.64 Å². The molecule has 1 aliphatic rings. The first-order valence-electron chi connectivity index (χ1n) is 5.70. The Morgan fingerprint density at radius 1 is 1.50 bits per heavy atom. The van der Waals surface area contributed by atoms with E-state index in [1.807, 2.05) is 13.8 Å². The number of rotatable bonds is 3. The molecule has 0 N–H and O–H groups in total. The van der Waals surface area contributed by atoms with E-state index in [0.717, 1.165) is 25.9 Å². The average molecular weight is 224 g/mol. The molecule has 1 fully saturated rings. The Morgan fingerprint density at radius 2 is 2.06 bits per heavy atom. The second-order valence-electron chi connectivity index (χ2n) is 5.05. The highest BCUT2D eigenvalue weighted by Gasteiger charge is 2.32. The van der Waals surface area contributed by atoms with Gasteiger partial charge in [-0.1, -0.05) is 0 Å². The predicted molar refractivity (Wildman–Crippen MR) is 60.6 cm³/mol. The van der Waals surface area contributed by atoms with Crippen LogP contribution in [0.4, 0.5) is 0 Å². The van der Waals surface area contributed by atoms with E-state index in [1.54, 1.807) is 0 Å². The Morgan fingerprint density at radius 3 is 2.50 bits per heavy atom. The minimum absolute atomic E-state index is 0.171. The lowest BCUT2D eigenvalue weighted by atomic mass is 9.90. The molecule has 0 atom stereocenters. The van der Waals surface area contributed by atoms with E-state index in [1.165, 1.54) is 7.11 Å². The lowest BCUT2D eigenvalue weighted by molar-refractivity contribution is -0.152. The number of carbonyl (C=O) groups is 1. The Kier molecular flexibility index (Phi) is 4.31. The molecule has 0 aliphatic carbocycles. The topological polar surface area (TPSA) is 53.3 Å². The molecular weight excluding hydrogens is 204 g/mol. The van der Waals surface area contributed by atoms with Gasteiger partial charge in [0.2, 0.25) is 0 Å². The summed E-state index contributed by atoms with van der Waals surface area (Å²) in [5.41, 5.74) is -0.464. The molecule has 1 saturated heterocycles. The summed E-state index contributed by atoms with van der Waals surface area (Å²) in [6.07, 6.45) is 1.82. The fraction of sp³-hybridized carbons (Fsp3) is 0.833. The summed E-state index contributed by atoms with van der Waals surface area (Å²) in [7, 11) is 1.42. The lowest BCUT2D eigenvalue weighted by Gasteiger charge is -2.34. The van der Waals surface area contributed by atoms with E-state index >= 15 is 0 Å². The van der Waals surface area contributed by atoms with Gasteiger partial charge in [0, 0.05) is 12.5 Å². The number of esters is 1. The Hall–Kier alpha value is -1.08. The van der Waals surface area contributed by atoms with Crippen LogP contribution in [0.3, 0.4) is 0 Å². The molecule has 0 aromatic carbocycles. The quantitative estimate of drug-likeness (QED) is 0.680. The highest BCUT2D eigenvalue weighted by molar-refractivity contribution is 5.76. The van der Waals surface area contributed by atoms with Gasteiger partial charge in [-0.25, -0.2) is 0 Å². The Labute approximate surface area is 97.2 Å². The van der Waals surface area contributed by atoms with Crippen molar-refractivity contribution in [2.45, 2.75) is 26.7 Å². The lowest BCUT2D eigenvalue weighted by Crippen LogP contribution is -2.43. The fourth-order valence-corrected chi connectivity index (χ4v) is 2.12. The minimum atomic E-state index is -0.464. The van der Waals surface area contributed by atoms with Crippen LogP contribution in [-0.2, 0) is 9.53 Å². The van der Waals surface area contributed by atoms with Crippen LogP contribution >= 0.6 is 0 Å². The van der Waals surface area contributed by atoms with E-state index in [9.17, 15) is 4.79 Å². The zero-order valence-electron chi connectivity index (χ0n) is 10.3. The highest BCUT2D eigenvalue weighted by Crippen LogP contribution is 2.23.